The van der Waals surface area contributed by atoms with E-state index < -0.39 is 12.1 Å². The van der Waals surface area contributed by atoms with E-state index in [9.17, 15) is 14.0 Å². The molecule has 2 amide bonds. The van der Waals surface area contributed by atoms with Crippen LogP contribution in [-0.2, 0) is 9.53 Å². The molecular formula is C23H26FN5O4. The molecule has 3 aromatic rings. The maximum Gasteiger partial charge on any atom is 0.319 e. The first-order chi connectivity index (χ1) is 15.8. The summed E-state index contributed by atoms with van der Waals surface area (Å²) in [5, 5.41) is 6.34. The van der Waals surface area contributed by atoms with Gasteiger partial charge in [0.1, 0.15) is 17.2 Å². The number of methoxy groups -OCH3 is 1. The van der Waals surface area contributed by atoms with Gasteiger partial charge in [0.05, 0.1) is 37.2 Å². The van der Waals surface area contributed by atoms with Gasteiger partial charge in [-0.25, -0.2) is 19.2 Å². The van der Waals surface area contributed by atoms with Gasteiger partial charge in [0.25, 0.3) is 0 Å². The average molecular weight is 455 g/mol. The minimum Gasteiger partial charge on any atom is -0.469 e. The van der Waals surface area contributed by atoms with E-state index in [4.69, 9.17) is 9.15 Å². The van der Waals surface area contributed by atoms with E-state index >= 15 is 0 Å². The summed E-state index contributed by atoms with van der Waals surface area (Å²) in [6.45, 7) is 6.77. The summed E-state index contributed by atoms with van der Waals surface area (Å²) in [5.74, 6) is 0.329. The molecule has 174 valence electrons. The van der Waals surface area contributed by atoms with Gasteiger partial charge in [-0.05, 0) is 31.0 Å². The van der Waals surface area contributed by atoms with Crippen molar-refractivity contribution in [3.63, 3.8) is 0 Å². The van der Waals surface area contributed by atoms with Crippen LogP contribution in [0.1, 0.15) is 31.2 Å². The first kappa shape index (κ1) is 22.5. The van der Waals surface area contributed by atoms with Crippen LogP contribution in [0.25, 0.3) is 11.0 Å². The van der Waals surface area contributed by atoms with Crippen LogP contribution < -0.4 is 15.5 Å². The van der Waals surface area contributed by atoms with Gasteiger partial charge in [-0.2, -0.15) is 0 Å². The lowest BCUT2D eigenvalue weighted by molar-refractivity contribution is -0.146. The number of fused-ring (bicyclic) bond motifs is 1. The quantitative estimate of drug-likeness (QED) is 0.544. The van der Waals surface area contributed by atoms with Crippen LogP contribution in [0.2, 0.25) is 0 Å². The van der Waals surface area contributed by atoms with E-state index in [1.54, 1.807) is 6.07 Å². The molecule has 1 aliphatic rings. The summed E-state index contributed by atoms with van der Waals surface area (Å²) in [6, 6.07) is 3.50. The van der Waals surface area contributed by atoms with Crippen molar-refractivity contribution >= 4 is 34.6 Å². The lowest BCUT2D eigenvalue weighted by Gasteiger charge is -2.37. The number of carbonyl (C=O) groups is 2. The van der Waals surface area contributed by atoms with Gasteiger partial charge in [0.15, 0.2) is 0 Å². The molecule has 3 heterocycles. The number of hydrogen-bond donors (Lipinski definition) is 2. The highest BCUT2D eigenvalue weighted by molar-refractivity contribution is 5.89. The van der Waals surface area contributed by atoms with Gasteiger partial charge in [0, 0.05) is 24.0 Å². The van der Waals surface area contributed by atoms with Crippen molar-refractivity contribution < 1.29 is 23.1 Å². The maximum atomic E-state index is 13.7. The number of halogens is 1. The fourth-order valence-electron chi connectivity index (χ4n) is 3.86. The summed E-state index contributed by atoms with van der Waals surface area (Å²) in [6.07, 6.45) is 3.01. The summed E-state index contributed by atoms with van der Waals surface area (Å²) < 4.78 is 24.3. The van der Waals surface area contributed by atoms with Crippen LogP contribution in [0, 0.1) is 24.6 Å². The minimum absolute atomic E-state index is 0.0210. The second-order valence-corrected chi connectivity index (χ2v) is 8.45. The molecule has 1 aromatic carbocycles. The van der Waals surface area contributed by atoms with Crippen LogP contribution in [0.5, 0.6) is 0 Å². The molecule has 0 saturated carbocycles. The fourth-order valence-corrected chi connectivity index (χ4v) is 3.86. The summed E-state index contributed by atoms with van der Waals surface area (Å²) >= 11 is 0. The number of benzene rings is 1. The van der Waals surface area contributed by atoms with E-state index in [-0.39, 0.29) is 23.6 Å². The van der Waals surface area contributed by atoms with E-state index in [0.717, 1.165) is 5.56 Å². The van der Waals surface area contributed by atoms with E-state index in [1.807, 2.05) is 25.7 Å². The molecule has 33 heavy (non-hydrogen) atoms. The zero-order valence-corrected chi connectivity index (χ0v) is 18.9. The molecule has 10 heteroatoms. The lowest BCUT2D eigenvalue weighted by atomic mass is 9.98. The number of furan rings is 1. The Balaban J connectivity index is 1.41. The molecular weight excluding hydrogens is 429 g/mol. The van der Waals surface area contributed by atoms with Crippen LogP contribution in [0.4, 0.5) is 20.8 Å². The van der Waals surface area contributed by atoms with E-state index in [2.05, 4.69) is 20.6 Å². The number of carbonyl (C=O) groups excluding carboxylic acids is 2. The Kier molecular flexibility index (Phi) is 6.17. The SMILES string of the molecule is COC(=O)C1CN(c2ncc(NC(=O)NC(c3oc4ccc(F)cc4c3C)C(C)C)cn2)C1. The number of nitrogens with zero attached hydrogens (tertiary/aromatic N) is 3. The summed E-state index contributed by atoms with van der Waals surface area (Å²) in [7, 11) is 1.37. The molecule has 0 spiro atoms. The number of anilines is 2. The minimum atomic E-state index is -0.439. The Morgan fingerprint density at radius 2 is 1.94 bits per heavy atom. The van der Waals surface area contributed by atoms with Crippen LogP contribution in [-0.4, -0.2) is 42.2 Å². The molecule has 1 unspecified atom stereocenters. The van der Waals surface area contributed by atoms with Crippen molar-refractivity contribution in [1.29, 1.82) is 0 Å². The first-order valence-corrected chi connectivity index (χ1v) is 10.7. The van der Waals surface area contributed by atoms with Gasteiger partial charge in [0.2, 0.25) is 5.95 Å². The van der Waals surface area contributed by atoms with Gasteiger partial charge >= 0.3 is 12.0 Å². The Hall–Kier alpha value is -3.69. The molecule has 9 nitrogen and oxygen atoms in total. The van der Waals surface area contributed by atoms with Gasteiger partial charge in [-0.15, -0.1) is 0 Å². The van der Waals surface area contributed by atoms with Crippen molar-refractivity contribution in [3.05, 3.63) is 47.7 Å². The predicted octanol–water partition coefficient (Wildman–Crippen LogP) is 3.80. The molecule has 1 atom stereocenters. The third-order valence-electron chi connectivity index (χ3n) is 5.77. The number of urea groups is 1. The number of ether oxygens (including phenoxy) is 1. The smallest absolute Gasteiger partial charge is 0.319 e. The van der Waals surface area contributed by atoms with Crippen LogP contribution >= 0.6 is 0 Å². The third-order valence-corrected chi connectivity index (χ3v) is 5.77. The summed E-state index contributed by atoms with van der Waals surface area (Å²) in [5.41, 5.74) is 1.78. The molecule has 0 aliphatic carbocycles. The number of aryl methyl sites for hydroxylation is 1. The van der Waals surface area contributed by atoms with Crippen LogP contribution in [0.15, 0.2) is 35.0 Å². The van der Waals surface area contributed by atoms with E-state index in [0.29, 0.717) is 41.5 Å². The number of amides is 2. The Morgan fingerprint density at radius 3 is 2.58 bits per heavy atom. The number of aromatic nitrogens is 2. The Labute approximate surface area is 190 Å². The van der Waals surface area contributed by atoms with Gasteiger partial charge in [-0.3, -0.25) is 4.79 Å². The topological polar surface area (TPSA) is 110 Å². The second kappa shape index (κ2) is 9.05. The van der Waals surface area contributed by atoms with Crippen molar-refractivity contribution in [2.75, 3.05) is 30.4 Å². The average Bonchev–Trinajstić information content (AvgIpc) is 3.07. The number of rotatable bonds is 6. The van der Waals surface area contributed by atoms with Crippen LogP contribution in [0.3, 0.4) is 0 Å². The first-order valence-electron chi connectivity index (χ1n) is 10.7. The summed E-state index contributed by atoms with van der Waals surface area (Å²) in [4.78, 5) is 34.6. The highest BCUT2D eigenvalue weighted by atomic mass is 19.1. The maximum absolute atomic E-state index is 13.7. The number of esters is 1. The normalized spacial score (nSPS) is 14.8. The third kappa shape index (κ3) is 4.59. The second-order valence-electron chi connectivity index (χ2n) is 8.45. The highest BCUT2D eigenvalue weighted by Crippen LogP contribution is 2.33. The van der Waals surface area contributed by atoms with Crippen molar-refractivity contribution in [1.82, 2.24) is 15.3 Å². The predicted molar refractivity (Wildman–Crippen MR) is 120 cm³/mol. The number of nitrogens with one attached hydrogen (secondary N) is 2. The molecule has 2 aromatic heterocycles. The molecule has 2 N–H and O–H groups in total. The lowest BCUT2D eigenvalue weighted by Crippen LogP contribution is -2.51. The fraction of sp³-hybridized carbons (Fsp3) is 0.391. The zero-order chi connectivity index (χ0) is 23.7. The molecule has 1 fully saturated rings. The highest BCUT2D eigenvalue weighted by Gasteiger charge is 2.35. The molecule has 1 saturated heterocycles. The Morgan fingerprint density at radius 1 is 1.24 bits per heavy atom. The van der Waals surface area contributed by atoms with E-state index in [1.165, 1.54) is 31.6 Å². The Bertz CT molecular complexity index is 1170. The molecule has 0 bridgehead atoms. The monoisotopic (exact) mass is 455 g/mol. The van der Waals surface area contributed by atoms with Crippen molar-refractivity contribution in [2.45, 2.75) is 26.8 Å². The molecule has 4 rings (SSSR count). The van der Waals surface area contributed by atoms with Gasteiger partial charge < -0.3 is 24.7 Å². The van der Waals surface area contributed by atoms with Crippen molar-refractivity contribution in [3.8, 4) is 0 Å². The standard InChI is InChI=1S/C23H26FN5O4/c1-12(2)19(20-13(3)17-7-15(24)5-6-18(17)33-20)28-23(31)27-16-8-25-22(26-9-16)29-10-14(11-29)21(30)32-4/h5-9,12,14,19H,10-11H2,1-4H3,(H2,27,28,31). The largest absolute Gasteiger partial charge is 0.469 e. The van der Waals surface area contributed by atoms with Crippen molar-refractivity contribution in [2.24, 2.45) is 11.8 Å². The number of hydrogen-bond acceptors (Lipinski definition) is 7. The molecule has 1 aliphatic heterocycles. The molecule has 0 radical (unpaired) electrons. The van der Waals surface area contributed by atoms with Gasteiger partial charge in [-0.1, -0.05) is 13.8 Å². The zero-order valence-electron chi connectivity index (χ0n) is 18.9.